The third kappa shape index (κ3) is 5.66. The van der Waals surface area contributed by atoms with Gasteiger partial charge in [0.1, 0.15) is 11.5 Å². The predicted molar refractivity (Wildman–Crippen MR) is 168 cm³/mol. The molecular formula is C37H59NO3. The monoisotopic (exact) mass is 565 g/mol. The van der Waals surface area contributed by atoms with Crippen molar-refractivity contribution in [2.75, 3.05) is 13.2 Å². The Bertz CT molecular complexity index is 1030. The highest BCUT2D eigenvalue weighted by Crippen LogP contribution is 2.66. The summed E-state index contributed by atoms with van der Waals surface area (Å²) in [6.45, 7) is 15.9. The fourth-order valence-electron chi connectivity index (χ4n) is 10.9. The fraction of sp³-hybridized carbons (Fsp3) is 0.811. The average Bonchev–Trinajstić information content (AvgIpc) is 3.29. The molecule has 5 rings (SSSR count). The van der Waals surface area contributed by atoms with E-state index >= 15 is 0 Å². The molecule has 4 aliphatic rings. The summed E-state index contributed by atoms with van der Waals surface area (Å²) in [5, 5.41) is 11.5. The average molecular weight is 566 g/mol. The number of aliphatic hydroxyl groups excluding tert-OH is 1. The van der Waals surface area contributed by atoms with Crippen LogP contribution in [0, 0.1) is 40.4 Å². The van der Waals surface area contributed by atoms with Gasteiger partial charge in [-0.15, -0.1) is 0 Å². The van der Waals surface area contributed by atoms with Crippen molar-refractivity contribution < 1.29 is 14.6 Å². The third-order valence-corrected chi connectivity index (χ3v) is 13.0. The predicted octanol–water partition coefficient (Wildman–Crippen LogP) is 8.62. The molecule has 230 valence electrons. The Morgan fingerprint density at radius 2 is 1.80 bits per heavy atom. The number of ether oxygens (including phenoxy) is 1. The van der Waals surface area contributed by atoms with Gasteiger partial charge in [-0.1, -0.05) is 53.7 Å². The molecular weight excluding hydrogens is 506 g/mol. The van der Waals surface area contributed by atoms with Crippen molar-refractivity contribution in [3.63, 3.8) is 0 Å². The summed E-state index contributed by atoms with van der Waals surface area (Å²) in [5.41, 5.74) is 1.68. The number of carbonyl (C=O) groups excluding carboxylic acids is 1. The third-order valence-electron chi connectivity index (χ3n) is 13.0. The molecule has 0 saturated heterocycles. The van der Waals surface area contributed by atoms with Crippen molar-refractivity contribution in [1.29, 1.82) is 0 Å². The van der Waals surface area contributed by atoms with Crippen LogP contribution in [0.25, 0.3) is 0 Å². The lowest BCUT2D eigenvalue weighted by molar-refractivity contribution is -0.145. The zero-order valence-electron chi connectivity index (χ0n) is 27.0. The van der Waals surface area contributed by atoms with Crippen molar-refractivity contribution in [2.24, 2.45) is 40.4 Å². The van der Waals surface area contributed by atoms with Crippen LogP contribution in [-0.4, -0.2) is 41.1 Å². The maximum atomic E-state index is 12.3. The van der Waals surface area contributed by atoms with E-state index in [1.54, 1.807) is 0 Å². The maximum absolute atomic E-state index is 12.3. The summed E-state index contributed by atoms with van der Waals surface area (Å²) >= 11 is 0. The van der Waals surface area contributed by atoms with Gasteiger partial charge in [0.25, 0.3) is 0 Å². The molecule has 0 heterocycles. The first-order valence-corrected chi connectivity index (χ1v) is 17.4. The van der Waals surface area contributed by atoms with E-state index in [4.69, 9.17) is 4.74 Å². The zero-order chi connectivity index (χ0) is 29.4. The van der Waals surface area contributed by atoms with Gasteiger partial charge in [0.2, 0.25) is 0 Å². The highest BCUT2D eigenvalue weighted by molar-refractivity contribution is 5.79. The number of hydrogen-bond acceptors (Lipinski definition) is 4. The van der Waals surface area contributed by atoms with Crippen molar-refractivity contribution in [1.82, 2.24) is 4.90 Å². The Balaban J connectivity index is 1.28. The van der Waals surface area contributed by atoms with Crippen LogP contribution < -0.4 is 4.74 Å². The van der Waals surface area contributed by atoms with Crippen LogP contribution in [0.4, 0.5) is 0 Å². The number of fused-ring (bicyclic) bond motifs is 5. The van der Waals surface area contributed by atoms with Gasteiger partial charge in [-0.25, -0.2) is 0 Å². The van der Waals surface area contributed by atoms with E-state index in [1.807, 2.05) is 0 Å². The maximum Gasteiger partial charge on any atom is 0.133 e. The molecule has 4 saturated carbocycles. The van der Waals surface area contributed by atoms with Crippen LogP contribution in [-0.2, 0) is 4.79 Å². The first-order valence-electron chi connectivity index (χ1n) is 17.4. The lowest BCUT2D eigenvalue weighted by Gasteiger charge is -2.60. The van der Waals surface area contributed by atoms with E-state index in [-0.39, 0.29) is 11.5 Å². The molecule has 4 unspecified atom stereocenters. The SMILES string of the molecule is CCC(CC)N(CC)[C@H](c1cccc(OCC[C@]23CCC4C(CCC5CC(=O)CC[C@@]54C)C2CC[C@@H]3O)c1)C(C)C. The van der Waals surface area contributed by atoms with Crippen molar-refractivity contribution in [2.45, 2.75) is 137 Å². The molecule has 0 spiro atoms. The van der Waals surface area contributed by atoms with Crippen LogP contribution in [0.2, 0.25) is 0 Å². The normalized spacial score (nSPS) is 35.9. The van der Waals surface area contributed by atoms with E-state index in [0.29, 0.717) is 53.6 Å². The van der Waals surface area contributed by atoms with E-state index < -0.39 is 0 Å². The van der Waals surface area contributed by atoms with Gasteiger partial charge in [-0.3, -0.25) is 9.69 Å². The molecule has 4 nitrogen and oxygen atoms in total. The van der Waals surface area contributed by atoms with Gasteiger partial charge in [-0.2, -0.15) is 0 Å². The second-order valence-corrected chi connectivity index (χ2v) is 14.9. The second kappa shape index (κ2) is 12.7. The lowest BCUT2D eigenvalue weighted by atomic mass is 9.44. The number of rotatable bonds is 11. The topological polar surface area (TPSA) is 49.8 Å². The zero-order valence-corrected chi connectivity index (χ0v) is 27.0. The minimum atomic E-state index is -0.203. The fourth-order valence-corrected chi connectivity index (χ4v) is 10.9. The van der Waals surface area contributed by atoms with Crippen LogP contribution >= 0.6 is 0 Å². The van der Waals surface area contributed by atoms with E-state index in [9.17, 15) is 9.90 Å². The van der Waals surface area contributed by atoms with Gasteiger partial charge in [-0.05, 0) is 123 Å². The molecule has 0 amide bonds. The van der Waals surface area contributed by atoms with E-state index in [1.165, 1.54) is 37.7 Å². The summed E-state index contributed by atoms with van der Waals surface area (Å²) in [7, 11) is 0. The Hall–Kier alpha value is -1.39. The van der Waals surface area contributed by atoms with Crippen molar-refractivity contribution >= 4 is 5.78 Å². The summed E-state index contributed by atoms with van der Waals surface area (Å²) in [6, 6.07) is 9.85. The van der Waals surface area contributed by atoms with Gasteiger partial charge >= 0.3 is 0 Å². The van der Waals surface area contributed by atoms with Crippen LogP contribution in [0.5, 0.6) is 5.75 Å². The molecule has 4 fully saturated rings. The molecule has 4 aliphatic carbocycles. The Kier molecular flexibility index (Phi) is 9.61. The Morgan fingerprint density at radius 3 is 2.51 bits per heavy atom. The first-order chi connectivity index (χ1) is 19.7. The highest BCUT2D eigenvalue weighted by Gasteiger charge is 2.61. The Labute approximate surface area is 251 Å². The van der Waals surface area contributed by atoms with Crippen LogP contribution in [0.3, 0.4) is 0 Å². The Morgan fingerprint density at radius 1 is 1.02 bits per heavy atom. The number of carbonyl (C=O) groups is 1. The molecule has 1 N–H and O–H groups in total. The van der Waals surface area contributed by atoms with Crippen molar-refractivity contribution in [3.05, 3.63) is 29.8 Å². The number of aliphatic hydroxyl groups is 1. The number of nitrogens with zero attached hydrogens (tertiary/aromatic N) is 1. The van der Waals surface area contributed by atoms with Gasteiger partial charge in [0.05, 0.1) is 12.7 Å². The molecule has 8 atom stereocenters. The number of ketones is 1. The van der Waals surface area contributed by atoms with Crippen LogP contribution in [0.1, 0.15) is 130 Å². The number of Topliss-reactive ketones (excluding diaryl/α,β-unsaturated/α-hetero) is 1. The van der Waals surface area contributed by atoms with Crippen molar-refractivity contribution in [3.8, 4) is 5.75 Å². The number of benzene rings is 1. The van der Waals surface area contributed by atoms with E-state index in [2.05, 4.69) is 70.7 Å². The smallest absolute Gasteiger partial charge is 0.133 e. The molecule has 1 aromatic rings. The minimum Gasteiger partial charge on any atom is -0.494 e. The van der Waals surface area contributed by atoms with Gasteiger partial charge in [0.15, 0.2) is 0 Å². The molecule has 0 aromatic heterocycles. The quantitative estimate of drug-likeness (QED) is 0.292. The standard InChI is InChI=1S/C37H59NO3/c1-7-28(8-2)38(9-3)35(25(4)5)26-11-10-12-30(23-26)41-22-21-37-20-18-32-31(33(37)15-16-34(37)40)14-13-27-24-29(39)17-19-36(27,32)6/h10-12,23,25,27-28,31-35,40H,7-9,13-22,24H2,1-6H3/t27?,31?,32?,33?,34-,35-,36-,37+/m0/s1. The molecule has 0 aliphatic heterocycles. The van der Waals surface area contributed by atoms with Crippen LogP contribution in [0.15, 0.2) is 24.3 Å². The van der Waals surface area contributed by atoms with Gasteiger partial charge < -0.3 is 9.84 Å². The first kappa shape index (κ1) is 31.0. The molecule has 41 heavy (non-hydrogen) atoms. The summed E-state index contributed by atoms with van der Waals surface area (Å²) in [5.74, 6) is 4.60. The molecule has 0 bridgehead atoms. The summed E-state index contributed by atoms with van der Waals surface area (Å²) in [4.78, 5) is 15.0. The summed E-state index contributed by atoms with van der Waals surface area (Å²) < 4.78 is 6.54. The number of hydrogen-bond donors (Lipinski definition) is 1. The molecule has 0 radical (unpaired) electrons. The highest BCUT2D eigenvalue weighted by atomic mass is 16.5. The summed E-state index contributed by atoms with van der Waals surface area (Å²) in [6.07, 6.45) is 12.7. The largest absolute Gasteiger partial charge is 0.494 e. The second-order valence-electron chi connectivity index (χ2n) is 14.9. The van der Waals surface area contributed by atoms with E-state index in [0.717, 1.165) is 63.2 Å². The lowest BCUT2D eigenvalue weighted by Crippen LogP contribution is -2.55. The molecule has 1 aromatic carbocycles. The minimum absolute atomic E-state index is 0.00140. The molecule has 4 heteroatoms. The van der Waals surface area contributed by atoms with Gasteiger partial charge in [0, 0.05) is 30.3 Å².